The van der Waals surface area contributed by atoms with Crippen molar-refractivity contribution < 1.29 is 9.59 Å². The topological polar surface area (TPSA) is 46.2 Å². The fourth-order valence-corrected chi connectivity index (χ4v) is 5.43. The first kappa shape index (κ1) is 22.7. The molecule has 1 aliphatic carbocycles. The molecule has 0 fully saturated rings. The summed E-state index contributed by atoms with van der Waals surface area (Å²) in [6, 6.07) is 26.5. The van der Waals surface area contributed by atoms with Gasteiger partial charge in [0.2, 0.25) is 0 Å². The van der Waals surface area contributed by atoms with E-state index in [0.717, 1.165) is 16.9 Å². The van der Waals surface area contributed by atoms with Crippen LogP contribution in [0.4, 0.5) is 5.69 Å². The first-order valence-electron chi connectivity index (χ1n) is 10.7. The summed E-state index contributed by atoms with van der Waals surface area (Å²) in [5.74, 6) is 0.0664. The molecule has 0 unspecified atom stereocenters. The Morgan fingerprint density at radius 3 is 2.50 bits per heavy atom. The molecule has 1 amide bonds. The lowest BCUT2D eigenvalue weighted by Crippen LogP contribution is -2.12. The number of hydrogen-bond acceptors (Lipinski definition) is 3. The van der Waals surface area contributed by atoms with Gasteiger partial charge in [-0.2, -0.15) is 0 Å². The number of hydrogen-bond donors (Lipinski definition) is 1. The Labute approximate surface area is 212 Å². The van der Waals surface area contributed by atoms with Crippen LogP contribution in [0.3, 0.4) is 0 Å². The minimum Gasteiger partial charge on any atom is -0.322 e. The van der Waals surface area contributed by atoms with Gasteiger partial charge in [0, 0.05) is 21.2 Å². The zero-order valence-corrected chi connectivity index (χ0v) is 20.3. The lowest BCUT2D eigenvalue weighted by atomic mass is 10.0. The molecular formula is C28H19Cl2NO2S. The average molecular weight is 504 g/mol. The molecule has 0 aromatic heterocycles. The van der Waals surface area contributed by atoms with Gasteiger partial charge < -0.3 is 5.32 Å². The standard InChI is InChI=1S/C28H19Cl2NO2S/c29-20-9-11-25(26(30)14-20)28(33)31-21-5-3-6-22(15-21)34-16-27(32)18-8-10-24-19(13-18)12-17-4-1-2-7-23(17)24/h1-11,13-15H,12,16H2,(H,31,33). The number of rotatable bonds is 6. The van der Waals surface area contributed by atoms with E-state index >= 15 is 0 Å². The first-order valence-corrected chi connectivity index (χ1v) is 12.5. The Balaban J connectivity index is 1.24. The predicted molar refractivity (Wildman–Crippen MR) is 141 cm³/mol. The molecule has 4 aromatic carbocycles. The zero-order valence-electron chi connectivity index (χ0n) is 18.0. The third kappa shape index (κ3) is 4.76. The number of halogens is 2. The maximum atomic E-state index is 12.9. The van der Waals surface area contributed by atoms with Crippen LogP contribution >= 0.6 is 35.0 Å². The summed E-state index contributed by atoms with van der Waals surface area (Å²) in [5, 5.41) is 3.61. The van der Waals surface area contributed by atoms with E-state index in [1.54, 1.807) is 18.2 Å². The molecule has 0 saturated carbocycles. The Kier molecular flexibility index (Phi) is 6.46. The molecule has 3 nitrogen and oxygen atoms in total. The van der Waals surface area contributed by atoms with Gasteiger partial charge in [0.15, 0.2) is 5.78 Å². The van der Waals surface area contributed by atoms with E-state index in [4.69, 9.17) is 23.2 Å². The summed E-state index contributed by atoms with van der Waals surface area (Å²) >= 11 is 13.5. The number of thioether (sulfide) groups is 1. The van der Waals surface area contributed by atoms with E-state index in [1.807, 2.05) is 42.5 Å². The van der Waals surface area contributed by atoms with Crippen LogP contribution in [0.2, 0.25) is 10.0 Å². The summed E-state index contributed by atoms with van der Waals surface area (Å²) in [6.07, 6.45) is 0.860. The molecule has 0 spiro atoms. The van der Waals surface area contributed by atoms with Gasteiger partial charge in [0.25, 0.3) is 5.91 Å². The lowest BCUT2D eigenvalue weighted by Gasteiger charge is -2.09. The number of benzene rings is 4. The van der Waals surface area contributed by atoms with Crippen molar-refractivity contribution in [1.29, 1.82) is 0 Å². The van der Waals surface area contributed by atoms with Crippen molar-refractivity contribution in [3.05, 3.63) is 117 Å². The Hall–Kier alpha value is -3.05. The predicted octanol–water partition coefficient (Wildman–Crippen LogP) is 7.79. The third-order valence-corrected chi connectivity index (χ3v) is 7.29. The SMILES string of the molecule is O=C(CSc1cccc(NC(=O)c2ccc(Cl)cc2Cl)c1)c1ccc2c(c1)Cc1ccccc1-2. The molecule has 6 heteroatoms. The highest BCUT2D eigenvalue weighted by molar-refractivity contribution is 8.00. The Bertz CT molecular complexity index is 1430. The van der Waals surface area contributed by atoms with E-state index in [0.29, 0.717) is 27.0 Å². The Morgan fingerprint density at radius 1 is 0.824 bits per heavy atom. The molecule has 34 heavy (non-hydrogen) atoms. The van der Waals surface area contributed by atoms with Crippen molar-refractivity contribution in [2.45, 2.75) is 11.3 Å². The van der Waals surface area contributed by atoms with Crippen LogP contribution in [-0.4, -0.2) is 17.4 Å². The van der Waals surface area contributed by atoms with E-state index < -0.39 is 0 Å². The molecule has 5 rings (SSSR count). The van der Waals surface area contributed by atoms with Crippen molar-refractivity contribution in [3.8, 4) is 11.1 Å². The number of ketones is 1. The molecule has 0 atom stereocenters. The highest BCUT2D eigenvalue weighted by Gasteiger charge is 2.19. The minimum absolute atomic E-state index is 0.0751. The van der Waals surface area contributed by atoms with Crippen molar-refractivity contribution in [2.75, 3.05) is 11.1 Å². The number of carbonyl (C=O) groups is 2. The summed E-state index contributed by atoms with van der Waals surface area (Å²) in [5.41, 5.74) is 6.66. The maximum Gasteiger partial charge on any atom is 0.257 e. The summed E-state index contributed by atoms with van der Waals surface area (Å²) in [4.78, 5) is 26.4. The van der Waals surface area contributed by atoms with Crippen molar-refractivity contribution in [1.82, 2.24) is 0 Å². The summed E-state index contributed by atoms with van der Waals surface area (Å²) in [7, 11) is 0. The minimum atomic E-state index is -0.320. The van der Waals surface area contributed by atoms with Crippen LogP contribution in [0, 0.1) is 0 Å². The number of Topliss-reactive ketones (excluding diaryl/α,β-unsaturated/α-hetero) is 1. The Morgan fingerprint density at radius 2 is 1.65 bits per heavy atom. The normalized spacial score (nSPS) is 11.6. The van der Waals surface area contributed by atoms with Gasteiger partial charge in [-0.3, -0.25) is 9.59 Å². The summed E-state index contributed by atoms with van der Waals surface area (Å²) in [6.45, 7) is 0. The molecule has 0 aliphatic heterocycles. The van der Waals surface area contributed by atoms with Gasteiger partial charge in [-0.15, -0.1) is 11.8 Å². The number of amides is 1. The quantitative estimate of drug-likeness (QED) is 0.190. The molecule has 0 saturated heterocycles. The van der Waals surface area contributed by atoms with Gasteiger partial charge in [0.1, 0.15) is 0 Å². The van der Waals surface area contributed by atoms with Gasteiger partial charge in [-0.05, 0) is 71.1 Å². The van der Waals surface area contributed by atoms with Gasteiger partial charge in [-0.1, -0.05) is 65.7 Å². The molecular weight excluding hydrogens is 485 g/mol. The number of carbonyl (C=O) groups excluding carboxylic acids is 2. The molecule has 1 N–H and O–H groups in total. The molecule has 168 valence electrons. The highest BCUT2D eigenvalue weighted by Crippen LogP contribution is 2.37. The van der Waals surface area contributed by atoms with E-state index in [1.165, 1.54) is 40.1 Å². The van der Waals surface area contributed by atoms with E-state index in [-0.39, 0.29) is 11.7 Å². The van der Waals surface area contributed by atoms with Crippen molar-refractivity contribution in [3.63, 3.8) is 0 Å². The fourth-order valence-electron chi connectivity index (χ4n) is 4.09. The molecule has 4 aromatic rings. The van der Waals surface area contributed by atoms with Crippen molar-refractivity contribution >= 4 is 52.3 Å². The first-order chi connectivity index (χ1) is 16.5. The molecule has 0 radical (unpaired) electrons. The van der Waals surface area contributed by atoms with Gasteiger partial charge in [0.05, 0.1) is 16.3 Å². The summed E-state index contributed by atoms with van der Waals surface area (Å²) < 4.78 is 0. The van der Waals surface area contributed by atoms with Crippen LogP contribution in [0.25, 0.3) is 11.1 Å². The molecule has 0 bridgehead atoms. The zero-order chi connectivity index (χ0) is 23.7. The third-order valence-electron chi connectivity index (χ3n) is 5.75. The molecule has 0 heterocycles. The number of nitrogens with one attached hydrogen (secondary N) is 1. The van der Waals surface area contributed by atoms with Gasteiger partial charge >= 0.3 is 0 Å². The van der Waals surface area contributed by atoms with Crippen molar-refractivity contribution in [2.24, 2.45) is 0 Å². The monoisotopic (exact) mass is 503 g/mol. The highest BCUT2D eigenvalue weighted by atomic mass is 35.5. The average Bonchev–Trinajstić information content (AvgIpc) is 3.20. The number of anilines is 1. The van der Waals surface area contributed by atoms with Crippen LogP contribution in [-0.2, 0) is 6.42 Å². The molecule has 1 aliphatic rings. The second-order valence-corrected chi connectivity index (χ2v) is 9.92. The second-order valence-electron chi connectivity index (χ2n) is 8.02. The smallest absolute Gasteiger partial charge is 0.257 e. The van der Waals surface area contributed by atoms with E-state index in [9.17, 15) is 9.59 Å². The fraction of sp³-hybridized carbons (Fsp3) is 0.0714. The van der Waals surface area contributed by atoms with E-state index in [2.05, 4.69) is 23.5 Å². The van der Waals surface area contributed by atoms with Gasteiger partial charge in [-0.25, -0.2) is 0 Å². The van der Waals surface area contributed by atoms with Crippen LogP contribution in [0.15, 0.2) is 89.8 Å². The van der Waals surface area contributed by atoms with Crippen LogP contribution in [0.1, 0.15) is 31.8 Å². The van der Waals surface area contributed by atoms with Crippen LogP contribution in [0.5, 0.6) is 0 Å². The maximum absolute atomic E-state index is 12.9. The largest absolute Gasteiger partial charge is 0.322 e. The lowest BCUT2D eigenvalue weighted by molar-refractivity contribution is 0.101. The number of fused-ring (bicyclic) bond motifs is 3. The second kappa shape index (κ2) is 9.67. The van der Waals surface area contributed by atoms with Crippen LogP contribution < -0.4 is 5.32 Å².